The largest absolute Gasteiger partial charge is 0.467 e. The van der Waals surface area contributed by atoms with Gasteiger partial charge in [0.2, 0.25) is 5.91 Å². The Kier molecular flexibility index (Phi) is 6.24. The molecule has 2 N–H and O–H groups in total. The van der Waals surface area contributed by atoms with E-state index in [4.69, 9.17) is 4.42 Å². The number of urea groups is 1. The van der Waals surface area contributed by atoms with E-state index in [1.165, 1.54) is 12.3 Å². The quantitative estimate of drug-likeness (QED) is 0.839. The minimum atomic E-state index is -0.945. The Balaban J connectivity index is 1.82. The van der Waals surface area contributed by atoms with E-state index < -0.39 is 23.6 Å². The van der Waals surface area contributed by atoms with Gasteiger partial charge in [-0.05, 0) is 43.8 Å². The van der Waals surface area contributed by atoms with Crippen LogP contribution >= 0.6 is 0 Å². The molecule has 0 fully saturated rings. The molecule has 0 aliphatic heterocycles. The molecule has 2 rings (SSSR count). The molecule has 0 aliphatic carbocycles. The van der Waals surface area contributed by atoms with E-state index in [1.807, 2.05) is 0 Å². The van der Waals surface area contributed by atoms with Crippen molar-refractivity contribution in [2.75, 3.05) is 13.6 Å². The van der Waals surface area contributed by atoms with E-state index in [9.17, 15) is 18.4 Å². The number of halogens is 2. The highest BCUT2D eigenvalue weighted by atomic mass is 19.2. The fourth-order valence-corrected chi connectivity index (χ4v) is 2.18. The maximum Gasteiger partial charge on any atom is 0.321 e. The number of carbonyl (C=O) groups is 2. The molecular weight excluding hydrogens is 332 g/mol. The summed E-state index contributed by atoms with van der Waals surface area (Å²) in [5.41, 5.74) is 0.525. The second-order valence-electron chi connectivity index (χ2n) is 5.57. The molecule has 1 aromatic carbocycles. The zero-order valence-corrected chi connectivity index (χ0v) is 13.9. The van der Waals surface area contributed by atoms with Gasteiger partial charge in [-0.3, -0.25) is 15.0 Å². The molecule has 6 nitrogen and oxygen atoms in total. The third-order valence-corrected chi connectivity index (χ3v) is 3.74. The molecule has 0 saturated heterocycles. The van der Waals surface area contributed by atoms with Crippen molar-refractivity contribution in [1.82, 2.24) is 15.5 Å². The summed E-state index contributed by atoms with van der Waals surface area (Å²) in [7, 11) is 1.65. The molecule has 0 spiro atoms. The molecule has 0 saturated carbocycles. The average molecular weight is 351 g/mol. The topological polar surface area (TPSA) is 74.6 Å². The van der Waals surface area contributed by atoms with Gasteiger partial charge in [0.15, 0.2) is 11.6 Å². The van der Waals surface area contributed by atoms with Crippen molar-refractivity contribution in [2.45, 2.75) is 19.5 Å². The molecule has 25 heavy (non-hydrogen) atoms. The van der Waals surface area contributed by atoms with Crippen molar-refractivity contribution < 1.29 is 22.8 Å². The molecule has 1 atom stereocenters. The van der Waals surface area contributed by atoms with Crippen molar-refractivity contribution in [3.63, 3.8) is 0 Å². The Labute approximate surface area is 143 Å². The van der Waals surface area contributed by atoms with Crippen LogP contribution in [0.3, 0.4) is 0 Å². The molecule has 0 radical (unpaired) electrons. The zero-order chi connectivity index (χ0) is 18.4. The highest BCUT2D eigenvalue weighted by Crippen LogP contribution is 2.20. The predicted molar refractivity (Wildman–Crippen MR) is 86.5 cm³/mol. The normalized spacial score (nSPS) is 12.0. The minimum absolute atomic E-state index is 0.0890. The van der Waals surface area contributed by atoms with Crippen LogP contribution in [0.1, 0.15) is 24.3 Å². The lowest BCUT2D eigenvalue weighted by molar-refractivity contribution is -0.121. The summed E-state index contributed by atoms with van der Waals surface area (Å²) in [5, 5.41) is 4.68. The first-order valence-electron chi connectivity index (χ1n) is 7.62. The fraction of sp³-hybridized carbons (Fsp3) is 0.294. The average Bonchev–Trinajstić information content (AvgIpc) is 3.08. The van der Waals surface area contributed by atoms with Crippen LogP contribution in [0.15, 0.2) is 41.0 Å². The van der Waals surface area contributed by atoms with E-state index in [-0.39, 0.29) is 19.1 Å². The Morgan fingerprint density at radius 3 is 2.64 bits per heavy atom. The number of nitrogens with one attached hydrogen (secondary N) is 2. The van der Waals surface area contributed by atoms with E-state index >= 15 is 0 Å². The lowest BCUT2D eigenvalue weighted by Crippen LogP contribution is -2.43. The van der Waals surface area contributed by atoms with Gasteiger partial charge in [0.1, 0.15) is 5.76 Å². The number of nitrogens with zero attached hydrogens (tertiary/aromatic N) is 1. The summed E-state index contributed by atoms with van der Waals surface area (Å²) in [6.45, 7) is 1.82. The van der Waals surface area contributed by atoms with Crippen LogP contribution in [0, 0.1) is 11.6 Å². The van der Waals surface area contributed by atoms with Gasteiger partial charge < -0.3 is 9.73 Å². The maximum absolute atomic E-state index is 13.3. The predicted octanol–water partition coefficient (Wildman–Crippen LogP) is 2.58. The SMILES string of the molecule is CC(c1ccc(F)c(F)c1)N(C)CC(=O)NC(=O)NCc1ccco1. The van der Waals surface area contributed by atoms with Crippen LogP contribution in [-0.2, 0) is 11.3 Å². The second-order valence-corrected chi connectivity index (χ2v) is 5.57. The van der Waals surface area contributed by atoms with Crippen LogP contribution < -0.4 is 10.6 Å². The lowest BCUT2D eigenvalue weighted by atomic mass is 10.1. The molecule has 3 amide bonds. The first-order chi connectivity index (χ1) is 11.9. The molecule has 8 heteroatoms. The summed E-state index contributed by atoms with van der Waals surface area (Å²) >= 11 is 0. The number of hydrogen-bond acceptors (Lipinski definition) is 4. The molecule has 0 aliphatic rings. The van der Waals surface area contributed by atoms with E-state index in [1.54, 1.807) is 31.0 Å². The highest BCUT2D eigenvalue weighted by molar-refractivity contribution is 5.95. The Bertz CT molecular complexity index is 735. The summed E-state index contributed by atoms with van der Waals surface area (Å²) in [6.07, 6.45) is 1.48. The lowest BCUT2D eigenvalue weighted by Gasteiger charge is -2.24. The van der Waals surface area contributed by atoms with E-state index in [0.717, 1.165) is 12.1 Å². The summed E-state index contributed by atoms with van der Waals surface area (Å²) < 4.78 is 31.4. The smallest absolute Gasteiger partial charge is 0.321 e. The van der Waals surface area contributed by atoms with Crippen molar-refractivity contribution in [2.24, 2.45) is 0 Å². The number of furan rings is 1. The van der Waals surface area contributed by atoms with Crippen molar-refractivity contribution in [3.8, 4) is 0 Å². The van der Waals surface area contributed by atoms with Gasteiger partial charge in [-0.2, -0.15) is 0 Å². The molecule has 1 heterocycles. The number of likely N-dealkylation sites (N-methyl/N-ethyl adjacent to an activating group) is 1. The zero-order valence-electron chi connectivity index (χ0n) is 13.9. The standard InChI is InChI=1S/C17H19F2N3O3/c1-11(12-5-6-14(18)15(19)8-12)22(2)10-16(23)21-17(24)20-9-13-4-3-7-25-13/h3-8,11H,9-10H2,1-2H3,(H2,20,21,23,24). The van der Waals surface area contributed by atoms with Gasteiger partial charge in [0.25, 0.3) is 0 Å². The number of hydrogen-bond donors (Lipinski definition) is 2. The van der Waals surface area contributed by atoms with Gasteiger partial charge in [-0.15, -0.1) is 0 Å². The van der Waals surface area contributed by atoms with Crippen molar-refractivity contribution >= 4 is 11.9 Å². The number of carbonyl (C=O) groups excluding carboxylic acids is 2. The highest BCUT2D eigenvalue weighted by Gasteiger charge is 2.17. The third-order valence-electron chi connectivity index (χ3n) is 3.74. The maximum atomic E-state index is 13.3. The molecule has 2 aromatic rings. The van der Waals surface area contributed by atoms with Gasteiger partial charge in [-0.1, -0.05) is 6.07 Å². The van der Waals surface area contributed by atoms with Crippen molar-refractivity contribution in [3.05, 3.63) is 59.6 Å². The monoisotopic (exact) mass is 351 g/mol. The van der Waals surface area contributed by atoms with Crippen LogP contribution in [0.25, 0.3) is 0 Å². The van der Waals surface area contributed by atoms with Gasteiger partial charge in [-0.25, -0.2) is 13.6 Å². The summed E-state index contributed by atoms with van der Waals surface area (Å²) in [4.78, 5) is 25.2. The van der Waals surface area contributed by atoms with Gasteiger partial charge in [0, 0.05) is 6.04 Å². The Morgan fingerprint density at radius 1 is 1.24 bits per heavy atom. The van der Waals surface area contributed by atoms with E-state index in [0.29, 0.717) is 11.3 Å². The molecular formula is C17H19F2N3O3. The molecule has 134 valence electrons. The second kappa shape index (κ2) is 8.39. The summed E-state index contributed by atoms with van der Waals surface area (Å²) in [6, 6.07) is 5.98. The molecule has 0 bridgehead atoms. The fourth-order valence-electron chi connectivity index (χ4n) is 2.18. The molecule has 1 unspecified atom stereocenters. The van der Waals surface area contributed by atoms with Gasteiger partial charge >= 0.3 is 6.03 Å². The number of imide groups is 1. The van der Waals surface area contributed by atoms with Crippen LogP contribution in [0.2, 0.25) is 0 Å². The van der Waals surface area contributed by atoms with Crippen LogP contribution in [-0.4, -0.2) is 30.4 Å². The number of rotatable bonds is 6. The molecule has 1 aromatic heterocycles. The summed E-state index contributed by atoms with van der Waals surface area (Å²) in [5.74, 6) is -1.83. The number of benzene rings is 1. The van der Waals surface area contributed by atoms with Gasteiger partial charge in [0.05, 0.1) is 19.4 Å². The third kappa shape index (κ3) is 5.39. The Morgan fingerprint density at radius 2 is 2.00 bits per heavy atom. The number of amides is 3. The van der Waals surface area contributed by atoms with Crippen molar-refractivity contribution in [1.29, 1.82) is 0 Å². The Hall–Kier alpha value is -2.74. The first kappa shape index (κ1) is 18.6. The van der Waals surface area contributed by atoms with E-state index in [2.05, 4.69) is 10.6 Å². The van der Waals surface area contributed by atoms with Crippen LogP contribution in [0.4, 0.5) is 13.6 Å². The van der Waals surface area contributed by atoms with Crippen LogP contribution in [0.5, 0.6) is 0 Å². The first-order valence-corrected chi connectivity index (χ1v) is 7.62. The minimum Gasteiger partial charge on any atom is -0.467 e.